The summed E-state index contributed by atoms with van der Waals surface area (Å²) in [6, 6.07) is 25.4. The number of para-hydroxylation sites is 2. The van der Waals surface area contributed by atoms with E-state index in [9.17, 15) is 14.8 Å². The van der Waals surface area contributed by atoms with Crippen LogP contribution in [0, 0.1) is 11.8 Å². The molecule has 7 nitrogen and oxygen atoms in total. The Balaban J connectivity index is 0.000000894. The van der Waals surface area contributed by atoms with Crippen molar-refractivity contribution in [2.24, 2.45) is 0 Å². The number of rotatable bonds is 6. The van der Waals surface area contributed by atoms with Crippen LogP contribution >= 0.6 is 7.14 Å². The first-order valence-electron chi connectivity index (χ1n) is 11.7. The van der Waals surface area contributed by atoms with Crippen molar-refractivity contribution in [2.75, 3.05) is 12.8 Å². The third kappa shape index (κ3) is 9.43. The Morgan fingerprint density at radius 1 is 0.973 bits per heavy atom. The average molecular weight is 558 g/mol. The molecule has 1 heterocycles. The van der Waals surface area contributed by atoms with Crippen LogP contribution in [0.4, 0.5) is 0 Å². The van der Waals surface area contributed by atoms with Gasteiger partial charge in [0.25, 0.3) is 0 Å². The van der Waals surface area contributed by atoms with E-state index < -0.39 is 25.5 Å². The molecule has 0 aliphatic carbocycles. The van der Waals surface area contributed by atoms with E-state index in [0.29, 0.717) is 18.8 Å². The molecule has 0 amide bonds. The zero-order valence-corrected chi connectivity index (χ0v) is 23.4. The maximum Gasteiger partial charge on any atom is 0.161 e. The third-order valence-corrected chi connectivity index (χ3v) is 8.56. The fraction of sp³-hybridized carbons (Fsp3) is 0.321. The van der Waals surface area contributed by atoms with Gasteiger partial charge in [0.2, 0.25) is 0 Å². The standard InChI is InChI=1S/C24H25O5P.C3H8O.CN.Ti/c25-20-13-7-8-14-21(20)29-22-15-16-28-23(24(22)26)17-30(27,18-9-3-1-4-10-18)19-11-5-2-6-12-19;1-3(2)4;1-2;/h1-14,22-26H,15-17H2;3-4H,1-2H3;;/q;;-1;/t22-,23-,24+;;;/m1.../s1. The van der Waals surface area contributed by atoms with Crippen LogP contribution in [0.5, 0.6) is 11.5 Å². The van der Waals surface area contributed by atoms with Gasteiger partial charge in [0.05, 0.1) is 12.7 Å². The Morgan fingerprint density at radius 2 is 1.43 bits per heavy atom. The molecule has 3 atom stereocenters. The van der Waals surface area contributed by atoms with E-state index in [2.05, 4.69) is 0 Å². The predicted molar refractivity (Wildman–Crippen MR) is 140 cm³/mol. The molecule has 3 aromatic rings. The summed E-state index contributed by atoms with van der Waals surface area (Å²) < 4.78 is 26.0. The Bertz CT molecular complexity index is 1070. The molecule has 1 aliphatic rings. The van der Waals surface area contributed by atoms with E-state index in [4.69, 9.17) is 26.4 Å². The molecule has 0 unspecified atom stereocenters. The molecular formula is C28H33NO6PTi-. The molecule has 9 heteroatoms. The average Bonchev–Trinajstić information content (AvgIpc) is 2.89. The number of phenols is 1. The Hall–Kier alpha value is -2.43. The number of hydrogen-bond donors (Lipinski definition) is 3. The number of ether oxygens (including phenoxy) is 2. The molecule has 0 aromatic heterocycles. The van der Waals surface area contributed by atoms with Crippen molar-refractivity contribution in [2.45, 2.75) is 44.7 Å². The summed E-state index contributed by atoms with van der Waals surface area (Å²) in [6.45, 7) is 8.57. The van der Waals surface area contributed by atoms with Crippen LogP contribution in [-0.4, -0.2) is 52.5 Å². The first-order valence-corrected chi connectivity index (χ1v) is 13.6. The van der Waals surface area contributed by atoms with Gasteiger partial charge in [-0.25, -0.2) is 0 Å². The van der Waals surface area contributed by atoms with Gasteiger partial charge in [0.1, 0.15) is 19.3 Å². The summed E-state index contributed by atoms with van der Waals surface area (Å²) in [4.78, 5) is 0. The molecule has 0 spiro atoms. The van der Waals surface area contributed by atoms with Gasteiger partial charge in [0.15, 0.2) is 11.5 Å². The summed E-state index contributed by atoms with van der Waals surface area (Å²) in [7, 11) is -3.04. The zero-order valence-electron chi connectivity index (χ0n) is 21.0. The number of nitrogens with zero attached hydrogens (tertiary/aromatic N) is 1. The van der Waals surface area contributed by atoms with Gasteiger partial charge < -0.3 is 41.2 Å². The Kier molecular flexibility index (Phi) is 14.5. The van der Waals surface area contributed by atoms with Crippen LogP contribution < -0.4 is 15.3 Å². The molecule has 4 rings (SSSR count). The summed E-state index contributed by atoms with van der Waals surface area (Å²) >= 11 is 0. The SMILES string of the molecule is CC(C)O.O=P(C[C@H]1OCC[C@@H](Oc2ccccc2O)[C@@H]1O)(c1ccccc1)c1ccccc1.[C-]#N.[Ti]. The van der Waals surface area contributed by atoms with E-state index in [1.54, 1.807) is 32.0 Å². The van der Waals surface area contributed by atoms with Crippen molar-refractivity contribution in [3.63, 3.8) is 0 Å². The van der Waals surface area contributed by atoms with Crippen LogP contribution in [0.1, 0.15) is 20.3 Å². The molecule has 1 saturated heterocycles. The minimum Gasteiger partial charge on any atom is -0.512 e. The van der Waals surface area contributed by atoms with Crippen LogP contribution in [0.2, 0.25) is 0 Å². The quantitative estimate of drug-likeness (QED) is 0.239. The van der Waals surface area contributed by atoms with Crippen LogP contribution in [0.3, 0.4) is 0 Å². The van der Waals surface area contributed by atoms with Crippen molar-refractivity contribution in [3.8, 4) is 11.5 Å². The largest absolute Gasteiger partial charge is 0.512 e. The summed E-state index contributed by atoms with van der Waals surface area (Å²) in [5, 5.41) is 36.7. The summed E-state index contributed by atoms with van der Waals surface area (Å²) in [5.74, 6) is 0.337. The number of benzene rings is 3. The number of aromatic hydroxyl groups is 1. The second kappa shape index (κ2) is 16.4. The summed E-state index contributed by atoms with van der Waals surface area (Å²) in [6.07, 6.45) is -1.70. The van der Waals surface area contributed by atoms with E-state index >= 15 is 0 Å². The minimum atomic E-state index is -3.04. The molecule has 0 saturated carbocycles. The van der Waals surface area contributed by atoms with Gasteiger partial charge in [-0.3, -0.25) is 0 Å². The van der Waals surface area contributed by atoms with E-state index in [-0.39, 0.29) is 39.7 Å². The first kappa shape index (κ1) is 32.6. The van der Waals surface area contributed by atoms with Crippen LogP contribution in [0.25, 0.3) is 0 Å². The molecular weight excluding hydrogens is 525 g/mol. The maximum absolute atomic E-state index is 14.3. The fourth-order valence-corrected chi connectivity index (χ4v) is 6.66. The van der Waals surface area contributed by atoms with Crippen molar-refractivity contribution in [1.82, 2.24) is 0 Å². The minimum absolute atomic E-state index is 0. The van der Waals surface area contributed by atoms with Gasteiger partial charge in [-0.2, -0.15) is 0 Å². The Morgan fingerprint density at radius 3 is 1.92 bits per heavy atom. The fourth-order valence-electron chi connectivity index (χ4n) is 3.80. The monoisotopic (exact) mass is 558 g/mol. The third-order valence-electron chi connectivity index (χ3n) is 5.42. The molecule has 1 fully saturated rings. The molecule has 0 bridgehead atoms. The molecule has 37 heavy (non-hydrogen) atoms. The smallest absolute Gasteiger partial charge is 0.161 e. The molecule has 1 aliphatic heterocycles. The topological polar surface area (TPSA) is 120 Å². The van der Waals surface area contributed by atoms with Gasteiger partial charge in [-0.1, -0.05) is 72.8 Å². The second-order valence-corrected chi connectivity index (χ2v) is 11.4. The summed E-state index contributed by atoms with van der Waals surface area (Å²) in [5.41, 5.74) is 0. The maximum atomic E-state index is 14.3. The van der Waals surface area contributed by atoms with Crippen LogP contribution in [0.15, 0.2) is 84.9 Å². The van der Waals surface area contributed by atoms with Crippen molar-refractivity contribution in [3.05, 3.63) is 91.5 Å². The van der Waals surface area contributed by atoms with E-state index in [1.807, 2.05) is 60.7 Å². The number of phenolic OH excluding ortho intramolecular Hbond substituents is 1. The normalized spacial score (nSPS) is 18.7. The number of hydrogen-bond acceptors (Lipinski definition) is 7. The molecule has 3 N–H and O–H groups in total. The van der Waals surface area contributed by atoms with E-state index in [1.165, 1.54) is 6.07 Å². The molecule has 3 aromatic carbocycles. The second-order valence-electron chi connectivity index (χ2n) is 8.50. The van der Waals surface area contributed by atoms with Gasteiger partial charge in [0, 0.05) is 51.0 Å². The van der Waals surface area contributed by atoms with Crippen LogP contribution in [-0.2, 0) is 31.0 Å². The predicted octanol–water partition coefficient (Wildman–Crippen LogP) is 3.78. The molecule has 196 valence electrons. The van der Waals surface area contributed by atoms with Crippen molar-refractivity contribution >= 4 is 17.8 Å². The number of aliphatic hydroxyl groups excluding tert-OH is 2. The van der Waals surface area contributed by atoms with Gasteiger partial charge >= 0.3 is 0 Å². The Labute approximate surface area is 233 Å². The van der Waals surface area contributed by atoms with Gasteiger partial charge in [-0.05, 0) is 26.0 Å². The molecule has 0 radical (unpaired) electrons. The van der Waals surface area contributed by atoms with E-state index in [0.717, 1.165) is 10.6 Å². The first-order chi connectivity index (χ1) is 17.3. The van der Waals surface area contributed by atoms with Crippen molar-refractivity contribution in [1.29, 1.82) is 5.26 Å². The zero-order chi connectivity index (χ0) is 26.6. The van der Waals surface area contributed by atoms with Crippen molar-refractivity contribution < 1.29 is 51.1 Å². The van der Waals surface area contributed by atoms with Gasteiger partial charge in [-0.15, -0.1) is 0 Å². The number of aliphatic hydroxyl groups is 2.